The normalized spacial score (nSPS) is 12.2. The summed E-state index contributed by atoms with van der Waals surface area (Å²) in [5.41, 5.74) is 12.2. The van der Waals surface area contributed by atoms with Crippen LogP contribution in [0.1, 0.15) is 27.0 Å². The summed E-state index contributed by atoms with van der Waals surface area (Å²) in [6.45, 7) is 1.12. The van der Waals surface area contributed by atoms with Crippen LogP contribution in [0.15, 0.2) is 102 Å². The number of anilines is 2. The highest BCUT2D eigenvalue weighted by atomic mass is 32.2. The van der Waals surface area contributed by atoms with Gasteiger partial charge in [-0.15, -0.1) is 20.5 Å². The van der Waals surface area contributed by atoms with Crippen LogP contribution in [-0.4, -0.2) is 44.8 Å². The molecule has 0 spiro atoms. The van der Waals surface area contributed by atoms with Crippen LogP contribution in [0.25, 0.3) is 10.8 Å². The first-order valence-electron chi connectivity index (χ1n) is 14.6. The summed E-state index contributed by atoms with van der Waals surface area (Å²) < 4.78 is 35.0. The van der Waals surface area contributed by atoms with Gasteiger partial charge in [-0.25, -0.2) is 14.6 Å². The summed E-state index contributed by atoms with van der Waals surface area (Å²) in [7, 11) is -4.98. The Labute approximate surface area is 293 Å². The van der Waals surface area contributed by atoms with Crippen LogP contribution in [0.5, 0.6) is 11.5 Å². The molecular weight excluding hydrogens is 704 g/mol. The number of aromatic hydroxyl groups is 2. The van der Waals surface area contributed by atoms with Crippen molar-refractivity contribution < 1.29 is 53.4 Å². The Morgan fingerprint density at radius 3 is 1.98 bits per heavy atom. The Bertz CT molecular complexity index is 2390. The highest BCUT2D eigenvalue weighted by Crippen LogP contribution is 2.47. The molecule has 0 aliphatic carbocycles. The zero-order chi connectivity index (χ0) is 37.7. The fraction of sp³-hybridized carbons (Fsp3) is 0.0938. The molecule has 5 aromatic carbocycles. The summed E-state index contributed by atoms with van der Waals surface area (Å²) >= 11 is 0. The zero-order valence-electron chi connectivity index (χ0n) is 26.7. The van der Waals surface area contributed by atoms with E-state index < -0.39 is 38.1 Å². The largest absolute Gasteiger partial charge is 0.508 e. The number of rotatable bonds is 12. The van der Waals surface area contributed by atoms with Gasteiger partial charge in [-0.1, -0.05) is 6.07 Å². The van der Waals surface area contributed by atoms with Crippen molar-refractivity contribution in [2.45, 2.75) is 25.0 Å². The number of nitrogens with two attached hydrogens (primary N) is 2. The van der Waals surface area contributed by atoms with E-state index in [1.54, 1.807) is 13.0 Å². The summed E-state index contributed by atoms with van der Waals surface area (Å²) in [5, 5.41) is 72.4. The molecule has 0 aromatic heterocycles. The molecule has 0 aliphatic heterocycles. The van der Waals surface area contributed by atoms with Gasteiger partial charge in [-0.05, 0) is 83.6 Å². The van der Waals surface area contributed by atoms with Crippen LogP contribution in [0.4, 0.5) is 45.5 Å². The highest BCUT2D eigenvalue weighted by molar-refractivity contribution is 7.86. The van der Waals surface area contributed by atoms with Gasteiger partial charge in [0.2, 0.25) is 0 Å². The van der Waals surface area contributed by atoms with E-state index in [1.807, 2.05) is 0 Å². The third-order valence-electron chi connectivity index (χ3n) is 7.34. The second-order valence-electron chi connectivity index (χ2n) is 11.0. The first-order chi connectivity index (χ1) is 24.7. The highest BCUT2D eigenvalue weighted by Gasteiger charge is 2.24. The van der Waals surface area contributed by atoms with E-state index in [2.05, 4.69) is 40.5 Å². The third-order valence-corrected chi connectivity index (χ3v) is 8.20. The van der Waals surface area contributed by atoms with E-state index in [-0.39, 0.29) is 69.4 Å². The molecule has 0 aliphatic rings. The van der Waals surface area contributed by atoms with E-state index in [0.717, 1.165) is 12.1 Å². The van der Waals surface area contributed by atoms with Crippen LogP contribution in [0, 0.1) is 6.92 Å². The standard InChI is InChI=1S/C32H28N8O11S/c1-15-6-18-10-26(52(47,48)49)30(28(34)27(18)31(42)29(15)39-36-20-8-16(13-50-45)7-17(9-20)14-51-46)40-35-19-2-4-24(22(11-19)32(43)44)37-38-25-5-3-21(41)12-23(25)33/h2-12,41-42,45-46H,13-14,33-34H2,1H3,(H,43,44)(H,47,48,49). The van der Waals surface area contributed by atoms with Crippen molar-refractivity contribution in [1.29, 1.82) is 0 Å². The summed E-state index contributed by atoms with van der Waals surface area (Å²) in [6.07, 6.45) is 0. The minimum Gasteiger partial charge on any atom is -0.508 e. The van der Waals surface area contributed by atoms with Gasteiger partial charge < -0.3 is 26.8 Å². The topological polar surface area (TPSA) is 317 Å². The van der Waals surface area contributed by atoms with Gasteiger partial charge in [-0.2, -0.15) is 18.6 Å². The molecule has 0 saturated carbocycles. The Kier molecular flexibility index (Phi) is 10.8. The molecule has 10 N–H and O–H groups in total. The van der Waals surface area contributed by atoms with Crippen LogP contribution < -0.4 is 11.5 Å². The minimum atomic E-state index is -4.98. The maximum absolute atomic E-state index is 12.5. The summed E-state index contributed by atoms with van der Waals surface area (Å²) in [4.78, 5) is 19.6. The number of fused-ring (bicyclic) bond motifs is 1. The lowest BCUT2D eigenvalue weighted by atomic mass is 10.0. The van der Waals surface area contributed by atoms with Gasteiger partial charge in [0.15, 0.2) is 5.75 Å². The number of hydrogen-bond donors (Lipinski definition) is 8. The molecule has 0 amide bonds. The van der Waals surface area contributed by atoms with Crippen molar-refractivity contribution in [3.05, 3.63) is 89.0 Å². The maximum atomic E-state index is 12.5. The van der Waals surface area contributed by atoms with Crippen LogP contribution >= 0.6 is 0 Å². The number of azo groups is 3. The predicted molar refractivity (Wildman–Crippen MR) is 184 cm³/mol. The first-order valence-corrected chi connectivity index (χ1v) is 16.1. The number of aryl methyl sites for hydroxylation is 1. The molecule has 5 aromatic rings. The Balaban J connectivity index is 1.57. The number of hydrogen-bond acceptors (Lipinski definition) is 17. The van der Waals surface area contributed by atoms with Crippen molar-refractivity contribution in [3.63, 3.8) is 0 Å². The van der Waals surface area contributed by atoms with Crippen molar-refractivity contribution in [1.82, 2.24) is 0 Å². The second kappa shape index (κ2) is 15.2. The molecular formula is C32H28N8O11S. The predicted octanol–water partition coefficient (Wildman–Crippen LogP) is 7.89. The second-order valence-corrected chi connectivity index (χ2v) is 12.4. The summed E-state index contributed by atoms with van der Waals surface area (Å²) in [6, 6.07) is 14.6. The average molecular weight is 733 g/mol. The fourth-order valence-electron chi connectivity index (χ4n) is 5.02. The summed E-state index contributed by atoms with van der Waals surface area (Å²) in [5.74, 6) is -2.04. The number of phenols is 2. The Hall–Kier alpha value is -6.42. The molecule has 0 heterocycles. The SMILES string of the molecule is Cc1cc2cc(S(=O)(=O)O)c(N=Nc3ccc(N=Nc4ccc(O)cc4N)c(C(=O)O)c3)c(N)c2c(O)c1N=Nc1cc(COO)cc(COO)c1. The van der Waals surface area contributed by atoms with Crippen molar-refractivity contribution >= 4 is 72.4 Å². The molecule has 0 bridgehead atoms. The Morgan fingerprint density at radius 1 is 0.750 bits per heavy atom. The number of benzene rings is 5. The maximum Gasteiger partial charge on any atom is 0.338 e. The fourth-order valence-corrected chi connectivity index (χ4v) is 5.69. The number of nitrogen functional groups attached to an aromatic ring is 2. The van der Waals surface area contributed by atoms with Gasteiger partial charge in [0.25, 0.3) is 10.1 Å². The monoisotopic (exact) mass is 732 g/mol. The van der Waals surface area contributed by atoms with Crippen LogP contribution in [-0.2, 0) is 33.1 Å². The van der Waals surface area contributed by atoms with Gasteiger partial charge in [0.1, 0.15) is 46.6 Å². The number of carboxylic acid groups (broad SMARTS) is 1. The number of phenolic OH excluding ortho intramolecular Hbond substituents is 2. The lowest BCUT2D eigenvalue weighted by Crippen LogP contribution is -2.02. The van der Waals surface area contributed by atoms with E-state index in [1.165, 1.54) is 48.5 Å². The Morgan fingerprint density at radius 2 is 1.37 bits per heavy atom. The number of carbonyl (C=O) groups is 1. The number of aromatic carboxylic acids is 1. The zero-order valence-corrected chi connectivity index (χ0v) is 27.6. The quantitative estimate of drug-likeness (QED) is 0.0199. The van der Waals surface area contributed by atoms with Crippen molar-refractivity contribution in [2.75, 3.05) is 11.5 Å². The molecule has 0 saturated heterocycles. The van der Waals surface area contributed by atoms with Gasteiger partial charge in [0.05, 0.1) is 33.7 Å². The molecule has 0 radical (unpaired) electrons. The van der Waals surface area contributed by atoms with Crippen LogP contribution in [0.3, 0.4) is 0 Å². The third kappa shape index (κ3) is 8.13. The molecule has 52 heavy (non-hydrogen) atoms. The lowest BCUT2D eigenvalue weighted by molar-refractivity contribution is -0.254. The van der Waals surface area contributed by atoms with Crippen molar-refractivity contribution in [3.8, 4) is 11.5 Å². The molecule has 0 unspecified atom stereocenters. The molecule has 20 heteroatoms. The van der Waals surface area contributed by atoms with Gasteiger partial charge >= 0.3 is 5.97 Å². The molecule has 19 nitrogen and oxygen atoms in total. The number of carboxylic acids is 1. The van der Waals surface area contributed by atoms with E-state index in [9.17, 15) is 33.1 Å². The van der Waals surface area contributed by atoms with E-state index in [0.29, 0.717) is 16.7 Å². The first kappa shape index (κ1) is 36.9. The van der Waals surface area contributed by atoms with E-state index in [4.69, 9.17) is 22.0 Å². The average Bonchev–Trinajstić information content (AvgIpc) is 3.07. The van der Waals surface area contributed by atoms with Gasteiger partial charge in [0, 0.05) is 6.07 Å². The van der Waals surface area contributed by atoms with Crippen molar-refractivity contribution in [2.24, 2.45) is 30.7 Å². The van der Waals surface area contributed by atoms with Crippen LogP contribution in [0.2, 0.25) is 0 Å². The van der Waals surface area contributed by atoms with E-state index >= 15 is 0 Å². The number of nitrogens with zero attached hydrogens (tertiary/aromatic N) is 6. The lowest BCUT2D eigenvalue weighted by Gasteiger charge is -2.13. The molecule has 268 valence electrons. The molecule has 5 rings (SSSR count). The smallest absolute Gasteiger partial charge is 0.338 e. The minimum absolute atomic E-state index is 0.0737. The molecule has 0 atom stereocenters. The van der Waals surface area contributed by atoms with Gasteiger partial charge in [-0.3, -0.25) is 15.1 Å². The molecule has 0 fully saturated rings.